The molecule has 2 N–H and O–H groups in total. The number of thiophene rings is 1. The van der Waals surface area contributed by atoms with Crippen LogP contribution in [-0.2, 0) is 17.2 Å². The summed E-state index contributed by atoms with van der Waals surface area (Å²) in [6.45, 7) is 1.92. The maximum atomic E-state index is 12.2. The fraction of sp³-hybridized carbons (Fsp3) is 0.231. The highest BCUT2D eigenvalue weighted by atomic mass is 32.2. The zero-order valence-electron chi connectivity index (χ0n) is 9.68. The number of benzene rings is 1. The molecule has 0 fully saturated rings. The molecule has 0 aliphatic heterocycles. The van der Waals surface area contributed by atoms with Crippen molar-refractivity contribution in [2.24, 2.45) is 0 Å². The van der Waals surface area contributed by atoms with Crippen molar-refractivity contribution < 1.29 is 4.21 Å². The summed E-state index contributed by atoms with van der Waals surface area (Å²) < 4.78 is 12.2. The molecular weight excluding hydrogens is 250 g/mol. The molecule has 1 aromatic carbocycles. The Balaban J connectivity index is 2.07. The van der Waals surface area contributed by atoms with E-state index in [1.165, 1.54) is 5.56 Å². The van der Waals surface area contributed by atoms with Crippen LogP contribution in [0, 0.1) is 6.92 Å². The van der Waals surface area contributed by atoms with Crippen LogP contribution in [0.4, 0.5) is 5.69 Å². The number of aryl methyl sites for hydroxylation is 1. The summed E-state index contributed by atoms with van der Waals surface area (Å²) in [5, 5.41) is 4.15. The Kier molecular flexibility index (Phi) is 3.97. The first-order valence-electron chi connectivity index (χ1n) is 5.43. The lowest BCUT2D eigenvalue weighted by molar-refractivity contribution is 0.682. The van der Waals surface area contributed by atoms with Gasteiger partial charge in [0.2, 0.25) is 0 Å². The van der Waals surface area contributed by atoms with E-state index in [-0.39, 0.29) is 0 Å². The highest BCUT2D eigenvalue weighted by Crippen LogP contribution is 2.20. The molecule has 2 nitrogen and oxygen atoms in total. The van der Waals surface area contributed by atoms with Crippen molar-refractivity contribution in [3.8, 4) is 0 Å². The summed E-state index contributed by atoms with van der Waals surface area (Å²) in [6.07, 6.45) is 0.852. The molecule has 0 amide bonds. The van der Waals surface area contributed by atoms with E-state index < -0.39 is 10.8 Å². The fourth-order valence-corrected chi connectivity index (χ4v) is 3.67. The third-order valence-corrected chi connectivity index (χ3v) is 4.97. The smallest absolute Gasteiger partial charge is 0.0536 e. The standard InChI is InChI=1S/C13H15NOS2/c1-10-12(14)3-2-4-13(10)17(15)8-6-11-5-7-16-9-11/h2-5,7,9H,6,8,14H2,1H3. The minimum atomic E-state index is -0.965. The Morgan fingerprint density at radius 1 is 1.35 bits per heavy atom. The van der Waals surface area contributed by atoms with E-state index in [0.29, 0.717) is 11.4 Å². The summed E-state index contributed by atoms with van der Waals surface area (Å²) in [7, 11) is -0.965. The number of nitrogens with two attached hydrogens (primary N) is 1. The van der Waals surface area contributed by atoms with Gasteiger partial charge in [-0.15, -0.1) is 0 Å². The molecule has 0 saturated carbocycles. The lowest BCUT2D eigenvalue weighted by atomic mass is 10.2. The van der Waals surface area contributed by atoms with Crippen molar-refractivity contribution in [2.75, 3.05) is 11.5 Å². The molecule has 90 valence electrons. The van der Waals surface area contributed by atoms with Crippen LogP contribution in [0.3, 0.4) is 0 Å². The summed E-state index contributed by atoms with van der Waals surface area (Å²) in [5.41, 5.74) is 8.73. The van der Waals surface area contributed by atoms with Gasteiger partial charge < -0.3 is 5.73 Å². The molecular formula is C13H15NOS2. The lowest BCUT2D eigenvalue weighted by Gasteiger charge is -2.07. The van der Waals surface area contributed by atoms with Crippen molar-refractivity contribution in [1.29, 1.82) is 0 Å². The van der Waals surface area contributed by atoms with Crippen molar-refractivity contribution in [3.63, 3.8) is 0 Å². The van der Waals surface area contributed by atoms with Gasteiger partial charge in [-0.2, -0.15) is 11.3 Å². The number of hydrogen-bond donors (Lipinski definition) is 1. The highest BCUT2D eigenvalue weighted by Gasteiger charge is 2.09. The van der Waals surface area contributed by atoms with E-state index in [9.17, 15) is 4.21 Å². The second-order valence-electron chi connectivity index (χ2n) is 3.90. The third kappa shape index (κ3) is 2.96. The van der Waals surface area contributed by atoms with Gasteiger partial charge in [-0.05, 0) is 53.4 Å². The molecule has 1 atom stereocenters. The van der Waals surface area contributed by atoms with Crippen molar-refractivity contribution in [2.45, 2.75) is 18.2 Å². The molecule has 0 aliphatic rings. The van der Waals surface area contributed by atoms with Crippen molar-refractivity contribution in [1.82, 2.24) is 0 Å². The van der Waals surface area contributed by atoms with Gasteiger partial charge in [-0.3, -0.25) is 4.21 Å². The zero-order chi connectivity index (χ0) is 12.3. The number of rotatable bonds is 4. The van der Waals surface area contributed by atoms with Crippen molar-refractivity contribution >= 4 is 27.8 Å². The molecule has 0 spiro atoms. The second kappa shape index (κ2) is 5.47. The van der Waals surface area contributed by atoms with Crippen LogP contribution in [-0.4, -0.2) is 9.96 Å². The van der Waals surface area contributed by atoms with Gasteiger partial charge in [-0.1, -0.05) is 6.07 Å². The number of anilines is 1. The highest BCUT2D eigenvalue weighted by molar-refractivity contribution is 7.85. The van der Waals surface area contributed by atoms with E-state index in [0.717, 1.165) is 16.9 Å². The summed E-state index contributed by atoms with van der Waals surface area (Å²) in [4.78, 5) is 0.861. The van der Waals surface area contributed by atoms with Crippen LogP contribution >= 0.6 is 11.3 Å². The first-order chi connectivity index (χ1) is 8.18. The van der Waals surface area contributed by atoms with Gasteiger partial charge in [0.15, 0.2) is 0 Å². The van der Waals surface area contributed by atoms with Crippen LogP contribution < -0.4 is 5.73 Å². The Morgan fingerprint density at radius 2 is 2.18 bits per heavy atom. The SMILES string of the molecule is Cc1c(N)cccc1S(=O)CCc1ccsc1. The van der Waals surface area contributed by atoms with Gasteiger partial charge in [0, 0.05) is 16.3 Å². The Hall–Kier alpha value is -1.13. The molecule has 0 radical (unpaired) electrons. The first kappa shape index (κ1) is 12.3. The maximum absolute atomic E-state index is 12.2. The van der Waals surface area contributed by atoms with Gasteiger partial charge in [0.25, 0.3) is 0 Å². The molecule has 1 heterocycles. The molecule has 1 aromatic heterocycles. The predicted molar refractivity (Wildman–Crippen MR) is 74.9 cm³/mol. The minimum Gasteiger partial charge on any atom is -0.398 e. The molecule has 17 heavy (non-hydrogen) atoms. The molecule has 1 unspecified atom stereocenters. The van der Waals surface area contributed by atoms with Gasteiger partial charge in [0.05, 0.1) is 10.8 Å². The Labute approximate surface area is 108 Å². The van der Waals surface area contributed by atoms with E-state index in [1.54, 1.807) is 11.3 Å². The predicted octanol–water partition coefficient (Wildman–Crippen LogP) is 2.99. The first-order valence-corrected chi connectivity index (χ1v) is 7.69. The molecule has 0 bridgehead atoms. The fourth-order valence-electron chi connectivity index (χ4n) is 1.63. The molecule has 0 aliphatic carbocycles. The normalized spacial score (nSPS) is 12.5. The maximum Gasteiger partial charge on any atom is 0.0536 e. The van der Waals surface area contributed by atoms with E-state index in [2.05, 4.69) is 11.4 Å². The molecule has 2 rings (SSSR count). The van der Waals surface area contributed by atoms with Crippen molar-refractivity contribution in [3.05, 3.63) is 46.2 Å². The van der Waals surface area contributed by atoms with Crippen LogP contribution in [0.25, 0.3) is 0 Å². The van der Waals surface area contributed by atoms with Crippen LogP contribution in [0.1, 0.15) is 11.1 Å². The van der Waals surface area contributed by atoms with Crippen LogP contribution in [0.2, 0.25) is 0 Å². The Bertz CT molecular complexity index is 520. The summed E-state index contributed by atoms with van der Waals surface area (Å²) in [6, 6.07) is 7.68. The van der Waals surface area contributed by atoms with Gasteiger partial charge in [0.1, 0.15) is 0 Å². The van der Waals surface area contributed by atoms with Crippen LogP contribution in [0.15, 0.2) is 39.9 Å². The molecule has 2 aromatic rings. The van der Waals surface area contributed by atoms with Crippen LogP contribution in [0.5, 0.6) is 0 Å². The van der Waals surface area contributed by atoms with E-state index in [4.69, 9.17) is 5.73 Å². The van der Waals surface area contributed by atoms with E-state index >= 15 is 0 Å². The summed E-state index contributed by atoms with van der Waals surface area (Å²) >= 11 is 1.67. The van der Waals surface area contributed by atoms with E-state index in [1.807, 2.05) is 30.5 Å². The molecule has 0 saturated heterocycles. The monoisotopic (exact) mass is 265 g/mol. The average Bonchev–Trinajstić information content (AvgIpc) is 2.82. The van der Waals surface area contributed by atoms with Gasteiger partial charge >= 0.3 is 0 Å². The topological polar surface area (TPSA) is 43.1 Å². The second-order valence-corrected chi connectivity index (χ2v) is 6.22. The quantitative estimate of drug-likeness (QED) is 0.864. The average molecular weight is 265 g/mol. The van der Waals surface area contributed by atoms with Gasteiger partial charge in [-0.25, -0.2) is 0 Å². The lowest BCUT2D eigenvalue weighted by Crippen LogP contribution is -2.04. The third-order valence-electron chi connectivity index (χ3n) is 2.73. The summed E-state index contributed by atoms with van der Waals surface area (Å²) in [5.74, 6) is 0.654. The zero-order valence-corrected chi connectivity index (χ0v) is 11.3. The number of hydrogen-bond acceptors (Lipinski definition) is 3. The molecule has 4 heteroatoms. The Morgan fingerprint density at radius 3 is 2.88 bits per heavy atom. The minimum absolute atomic E-state index is 0.654. The largest absolute Gasteiger partial charge is 0.398 e. The number of nitrogen functional groups attached to an aromatic ring is 1.